The Kier molecular flexibility index (Phi) is 3.22. The molecular formula is C13H18N2O. The maximum atomic E-state index is 11.2. The predicted octanol–water partition coefficient (Wildman–Crippen LogP) is 2.34. The molecule has 0 spiro atoms. The van der Waals surface area contributed by atoms with Crippen LogP contribution in [0.15, 0.2) is 28.4 Å². The van der Waals surface area contributed by atoms with Crippen molar-refractivity contribution in [3.63, 3.8) is 0 Å². The van der Waals surface area contributed by atoms with E-state index in [0.29, 0.717) is 12.3 Å². The average molecular weight is 218 g/mol. The highest BCUT2D eigenvalue weighted by atomic mass is 16.1. The fourth-order valence-corrected chi connectivity index (χ4v) is 2.32. The van der Waals surface area contributed by atoms with Crippen LogP contribution in [0.25, 0.3) is 0 Å². The second kappa shape index (κ2) is 4.64. The topological polar surface area (TPSA) is 55.4 Å². The van der Waals surface area contributed by atoms with Crippen molar-refractivity contribution in [2.24, 2.45) is 16.6 Å². The summed E-state index contributed by atoms with van der Waals surface area (Å²) in [5, 5.41) is 0. The van der Waals surface area contributed by atoms with E-state index in [4.69, 9.17) is 5.73 Å². The van der Waals surface area contributed by atoms with Gasteiger partial charge in [-0.1, -0.05) is 32.3 Å². The Bertz CT molecular complexity index is 391. The Morgan fingerprint density at radius 2 is 2.25 bits per heavy atom. The molecule has 1 atom stereocenters. The first kappa shape index (κ1) is 11.1. The normalized spacial score (nSPS) is 23.7. The number of unbranched alkanes of at least 4 members (excludes halogenated alkanes) is 2. The minimum Gasteiger partial charge on any atom is -0.387 e. The second-order valence-corrected chi connectivity index (χ2v) is 4.46. The first-order valence-electron chi connectivity index (χ1n) is 6.00. The van der Waals surface area contributed by atoms with Crippen molar-refractivity contribution in [3.8, 4) is 0 Å². The molecule has 0 saturated carbocycles. The number of carbonyl (C=O) groups is 1. The van der Waals surface area contributed by atoms with Gasteiger partial charge in [0.2, 0.25) is 0 Å². The number of nitrogens with zero attached hydrogens (tertiary/aromatic N) is 1. The van der Waals surface area contributed by atoms with E-state index in [1.807, 2.05) is 6.08 Å². The summed E-state index contributed by atoms with van der Waals surface area (Å²) in [6, 6.07) is 0. The number of hydrogen-bond donors (Lipinski definition) is 1. The lowest BCUT2D eigenvalue weighted by Crippen LogP contribution is -2.21. The molecule has 1 aliphatic heterocycles. The van der Waals surface area contributed by atoms with Gasteiger partial charge in [0.05, 0.1) is 12.1 Å². The molecule has 0 bridgehead atoms. The first-order chi connectivity index (χ1) is 7.72. The summed E-state index contributed by atoms with van der Waals surface area (Å²) in [5.41, 5.74) is 8.00. The average Bonchev–Trinajstić information content (AvgIpc) is 2.55. The van der Waals surface area contributed by atoms with E-state index in [1.165, 1.54) is 24.8 Å². The van der Waals surface area contributed by atoms with E-state index in [2.05, 4.69) is 11.9 Å². The van der Waals surface area contributed by atoms with Gasteiger partial charge in [0.1, 0.15) is 5.84 Å². The number of aliphatic imine (C=N–C) groups is 1. The Morgan fingerprint density at radius 1 is 1.44 bits per heavy atom. The van der Waals surface area contributed by atoms with Gasteiger partial charge in [0, 0.05) is 5.92 Å². The van der Waals surface area contributed by atoms with Crippen molar-refractivity contribution in [2.75, 3.05) is 0 Å². The molecule has 86 valence electrons. The Balaban J connectivity index is 2.06. The van der Waals surface area contributed by atoms with Gasteiger partial charge in [-0.05, 0) is 18.1 Å². The number of nitrogens with two attached hydrogens (primary N) is 1. The van der Waals surface area contributed by atoms with E-state index >= 15 is 0 Å². The summed E-state index contributed by atoms with van der Waals surface area (Å²) < 4.78 is 0. The lowest BCUT2D eigenvalue weighted by Gasteiger charge is -2.14. The van der Waals surface area contributed by atoms with Crippen LogP contribution in [-0.4, -0.2) is 11.6 Å². The Morgan fingerprint density at radius 3 is 3.00 bits per heavy atom. The maximum Gasteiger partial charge on any atom is 0.161 e. The molecule has 0 aromatic carbocycles. The van der Waals surface area contributed by atoms with Gasteiger partial charge in [0.25, 0.3) is 0 Å². The van der Waals surface area contributed by atoms with Crippen molar-refractivity contribution in [2.45, 2.75) is 39.0 Å². The van der Waals surface area contributed by atoms with Crippen LogP contribution in [0.2, 0.25) is 0 Å². The van der Waals surface area contributed by atoms with Crippen LogP contribution in [0.1, 0.15) is 39.0 Å². The summed E-state index contributed by atoms with van der Waals surface area (Å²) >= 11 is 0. The lowest BCUT2D eigenvalue weighted by atomic mass is 9.89. The summed E-state index contributed by atoms with van der Waals surface area (Å²) in [4.78, 5) is 15.6. The van der Waals surface area contributed by atoms with Crippen LogP contribution in [0.3, 0.4) is 0 Å². The summed E-state index contributed by atoms with van der Waals surface area (Å²) in [7, 11) is 0. The lowest BCUT2D eigenvalue weighted by molar-refractivity contribution is -0.114. The van der Waals surface area contributed by atoms with E-state index in [9.17, 15) is 4.79 Å². The highest BCUT2D eigenvalue weighted by Gasteiger charge is 2.28. The van der Waals surface area contributed by atoms with Crippen molar-refractivity contribution in [1.29, 1.82) is 0 Å². The maximum absolute atomic E-state index is 11.2. The number of allylic oxidation sites excluding steroid dienone is 3. The van der Waals surface area contributed by atoms with Gasteiger partial charge in [-0.15, -0.1) is 0 Å². The van der Waals surface area contributed by atoms with E-state index in [-0.39, 0.29) is 11.7 Å². The largest absolute Gasteiger partial charge is 0.387 e. The van der Waals surface area contributed by atoms with Crippen LogP contribution in [0.4, 0.5) is 0 Å². The number of amidine groups is 1. The second-order valence-electron chi connectivity index (χ2n) is 4.46. The first-order valence-corrected chi connectivity index (χ1v) is 6.00. The van der Waals surface area contributed by atoms with Crippen LogP contribution >= 0.6 is 0 Å². The molecule has 1 heterocycles. The quantitative estimate of drug-likeness (QED) is 0.736. The molecule has 2 aliphatic rings. The van der Waals surface area contributed by atoms with Crippen molar-refractivity contribution >= 4 is 11.6 Å². The number of hydrogen-bond acceptors (Lipinski definition) is 3. The zero-order chi connectivity index (χ0) is 11.5. The number of ketones is 1. The van der Waals surface area contributed by atoms with E-state index in [1.54, 1.807) is 6.08 Å². The third-order valence-corrected chi connectivity index (χ3v) is 3.22. The number of carbonyl (C=O) groups excluding carboxylic acids is 1. The highest BCUT2D eigenvalue weighted by molar-refractivity contribution is 5.98. The third-order valence-electron chi connectivity index (χ3n) is 3.22. The molecule has 0 aromatic heterocycles. The van der Waals surface area contributed by atoms with E-state index in [0.717, 1.165) is 12.1 Å². The molecule has 3 heteroatoms. The van der Waals surface area contributed by atoms with Gasteiger partial charge in [-0.2, -0.15) is 0 Å². The molecule has 0 radical (unpaired) electrons. The molecule has 0 saturated heterocycles. The van der Waals surface area contributed by atoms with Gasteiger partial charge >= 0.3 is 0 Å². The zero-order valence-electron chi connectivity index (χ0n) is 9.70. The zero-order valence-corrected chi connectivity index (χ0v) is 9.70. The van der Waals surface area contributed by atoms with Crippen molar-refractivity contribution < 1.29 is 4.79 Å². The van der Waals surface area contributed by atoms with Crippen molar-refractivity contribution in [3.05, 3.63) is 23.4 Å². The molecule has 3 nitrogen and oxygen atoms in total. The summed E-state index contributed by atoms with van der Waals surface area (Å²) in [5.74, 6) is 1.08. The molecule has 2 rings (SSSR count). The fraction of sp³-hybridized carbons (Fsp3) is 0.538. The van der Waals surface area contributed by atoms with Crippen molar-refractivity contribution in [1.82, 2.24) is 0 Å². The van der Waals surface area contributed by atoms with Crippen LogP contribution in [-0.2, 0) is 4.79 Å². The molecule has 16 heavy (non-hydrogen) atoms. The minimum absolute atomic E-state index is 0.129. The molecule has 0 fully saturated rings. The molecule has 0 amide bonds. The fourth-order valence-electron chi connectivity index (χ4n) is 2.32. The minimum atomic E-state index is 0.129. The van der Waals surface area contributed by atoms with Gasteiger partial charge < -0.3 is 5.73 Å². The van der Waals surface area contributed by atoms with Crippen LogP contribution in [0.5, 0.6) is 0 Å². The molecule has 2 N–H and O–H groups in total. The molecule has 0 aromatic rings. The molecule has 1 unspecified atom stereocenters. The Labute approximate surface area is 96.1 Å². The van der Waals surface area contributed by atoms with Gasteiger partial charge in [-0.3, -0.25) is 4.79 Å². The standard InChI is InChI=1S/C13H18N2O/c1-2-3-4-5-11-10-7-6-9(16)8-12(10)15-13(11)14/h6-7,11H,2-5,8H2,1H3,(H2,14,15). The monoisotopic (exact) mass is 218 g/mol. The van der Waals surface area contributed by atoms with Gasteiger partial charge in [-0.25, -0.2) is 4.99 Å². The number of rotatable bonds is 4. The van der Waals surface area contributed by atoms with Gasteiger partial charge in [0.15, 0.2) is 5.78 Å². The predicted molar refractivity (Wildman–Crippen MR) is 65.0 cm³/mol. The SMILES string of the molecule is CCCCCC1C(N)=NC2=C1C=CC(=O)C2. The molecular weight excluding hydrogens is 200 g/mol. The summed E-state index contributed by atoms with van der Waals surface area (Å²) in [6.45, 7) is 2.19. The molecule has 1 aliphatic carbocycles. The highest BCUT2D eigenvalue weighted by Crippen LogP contribution is 2.33. The third kappa shape index (κ3) is 2.08. The smallest absolute Gasteiger partial charge is 0.161 e. The Hall–Kier alpha value is -1.38. The van der Waals surface area contributed by atoms with Crippen LogP contribution in [0, 0.1) is 5.92 Å². The van der Waals surface area contributed by atoms with E-state index < -0.39 is 0 Å². The summed E-state index contributed by atoms with van der Waals surface area (Å²) in [6.07, 6.45) is 8.66. The van der Waals surface area contributed by atoms with Crippen LogP contribution < -0.4 is 5.73 Å².